The van der Waals surface area contributed by atoms with Crippen LogP contribution in [-0.4, -0.2) is 55.3 Å². The van der Waals surface area contributed by atoms with Crippen molar-refractivity contribution in [3.05, 3.63) is 35.5 Å². The van der Waals surface area contributed by atoms with Crippen LogP contribution in [0, 0.1) is 0 Å². The minimum absolute atomic E-state index is 0.0307. The van der Waals surface area contributed by atoms with Gasteiger partial charge in [-0.2, -0.15) is 18.3 Å². The van der Waals surface area contributed by atoms with Crippen LogP contribution in [0.5, 0.6) is 11.5 Å². The lowest BCUT2D eigenvalue weighted by atomic mass is 9.96. The summed E-state index contributed by atoms with van der Waals surface area (Å²) in [5.74, 6) is 0.411. The van der Waals surface area contributed by atoms with Crippen LogP contribution >= 0.6 is 0 Å². The molecule has 1 unspecified atom stereocenters. The van der Waals surface area contributed by atoms with Gasteiger partial charge in [0.25, 0.3) is 5.91 Å². The van der Waals surface area contributed by atoms with Gasteiger partial charge in [-0.15, -0.1) is 0 Å². The Balaban J connectivity index is 1.63. The fourth-order valence-corrected chi connectivity index (χ4v) is 4.12. The zero-order valence-corrected chi connectivity index (χ0v) is 17.7. The number of fused-ring (bicyclic) bond motifs is 1. The van der Waals surface area contributed by atoms with Crippen LogP contribution in [-0.2, 0) is 4.74 Å². The lowest BCUT2D eigenvalue weighted by molar-refractivity contribution is -0.173. The molecule has 8 nitrogen and oxygen atoms in total. The molecule has 3 atom stereocenters. The van der Waals surface area contributed by atoms with E-state index in [4.69, 9.17) is 14.2 Å². The molecular formula is C21H25F3N4O4. The van der Waals surface area contributed by atoms with Crippen molar-refractivity contribution in [2.45, 2.75) is 43.6 Å². The van der Waals surface area contributed by atoms with Crippen LogP contribution < -0.4 is 20.1 Å². The van der Waals surface area contributed by atoms with Crippen molar-refractivity contribution in [2.75, 3.05) is 32.7 Å². The number of aromatic nitrogens is 2. The van der Waals surface area contributed by atoms with E-state index in [1.807, 2.05) is 0 Å². The second kappa shape index (κ2) is 8.89. The molecule has 0 radical (unpaired) electrons. The van der Waals surface area contributed by atoms with Crippen molar-refractivity contribution < 1.29 is 32.2 Å². The van der Waals surface area contributed by atoms with Gasteiger partial charge in [0.15, 0.2) is 17.5 Å². The first-order chi connectivity index (χ1) is 15.3. The van der Waals surface area contributed by atoms with E-state index in [2.05, 4.69) is 15.7 Å². The summed E-state index contributed by atoms with van der Waals surface area (Å²) in [5.41, 5.74) is 0.637. The topological polar surface area (TPSA) is 86.6 Å². The highest BCUT2D eigenvalue weighted by Crippen LogP contribution is 2.45. The minimum Gasteiger partial charge on any atom is -0.493 e. The second-order valence-corrected chi connectivity index (χ2v) is 7.80. The first kappa shape index (κ1) is 22.3. The van der Waals surface area contributed by atoms with Gasteiger partial charge in [0.1, 0.15) is 11.4 Å². The zero-order valence-electron chi connectivity index (χ0n) is 17.7. The lowest BCUT2D eigenvalue weighted by Gasteiger charge is -2.34. The van der Waals surface area contributed by atoms with E-state index < -0.39 is 24.2 Å². The number of hydrogen-bond donors (Lipinski definition) is 2. The van der Waals surface area contributed by atoms with E-state index in [0.29, 0.717) is 30.2 Å². The van der Waals surface area contributed by atoms with Crippen LogP contribution in [0.25, 0.3) is 0 Å². The average Bonchev–Trinajstić information content (AvgIpc) is 3.45. The number of hydrogen-bond acceptors (Lipinski definition) is 6. The molecule has 0 saturated carbocycles. The molecule has 174 valence electrons. The maximum Gasteiger partial charge on any atom is 0.410 e. The van der Waals surface area contributed by atoms with Crippen molar-refractivity contribution in [1.29, 1.82) is 0 Å². The van der Waals surface area contributed by atoms with Gasteiger partial charge in [0, 0.05) is 19.6 Å². The summed E-state index contributed by atoms with van der Waals surface area (Å²) in [6.45, 7) is 0.941. The summed E-state index contributed by atoms with van der Waals surface area (Å²) in [6.07, 6.45) is -1.98. The minimum atomic E-state index is -4.54. The second-order valence-electron chi connectivity index (χ2n) is 7.80. The number of anilines is 1. The normalized spacial score (nSPS) is 22.7. The van der Waals surface area contributed by atoms with Crippen LogP contribution in [0.4, 0.5) is 19.0 Å². The number of benzene rings is 1. The fraction of sp³-hybridized carbons (Fsp3) is 0.524. The van der Waals surface area contributed by atoms with Gasteiger partial charge in [-0.1, -0.05) is 6.07 Å². The largest absolute Gasteiger partial charge is 0.493 e. The third kappa shape index (κ3) is 4.34. The number of rotatable bonds is 6. The van der Waals surface area contributed by atoms with Gasteiger partial charge in [-0.3, -0.25) is 4.79 Å². The van der Waals surface area contributed by atoms with Crippen LogP contribution in [0.15, 0.2) is 24.4 Å². The van der Waals surface area contributed by atoms with Gasteiger partial charge < -0.3 is 24.8 Å². The fourth-order valence-electron chi connectivity index (χ4n) is 4.12. The summed E-state index contributed by atoms with van der Waals surface area (Å²) >= 11 is 0. The Morgan fingerprint density at radius 3 is 2.75 bits per heavy atom. The Bertz CT molecular complexity index is 972. The Morgan fingerprint density at radius 2 is 2.09 bits per heavy atom. The van der Waals surface area contributed by atoms with Crippen molar-refractivity contribution in [1.82, 2.24) is 15.1 Å². The van der Waals surface area contributed by atoms with E-state index in [-0.39, 0.29) is 23.9 Å². The Hall–Kier alpha value is -2.95. The van der Waals surface area contributed by atoms with Gasteiger partial charge in [0.05, 0.1) is 32.6 Å². The molecule has 2 aromatic rings. The monoisotopic (exact) mass is 454 g/mol. The van der Waals surface area contributed by atoms with Gasteiger partial charge in [-0.05, 0) is 30.5 Å². The van der Waals surface area contributed by atoms with Crippen LogP contribution in [0.3, 0.4) is 0 Å². The molecule has 1 fully saturated rings. The maximum absolute atomic E-state index is 13.9. The standard InChI is InChI=1S/C21H25F3N4O4/c1-30-16-6-5-12(8-17(16)31-2)15-9-18(21(22,23)24)28-19(27-15)14(11-26-28)20(29)25-10-13-4-3-7-32-13/h5-6,8,11,13,15,18,27H,3-4,7,9-10H2,1-2H3,(H,25,29)/t13?,15-,18+/m1/s1. The summed E-state index contributed by atoms with van der Waals surface area (Å²) < 4.78 is 58.5. The van der Waals surface area contributed by atoms with E-state index in [9.17, 15) is 18.0 Å². The number of nitrogens with zero attached hydrogens (tertiary/aromatic N) is 2. The summed E-state index contributed by atoms with van der Waals surface area (Å²) in [6, 6.07) is 2.36. The highest BCUT2D eigenvalue weighted by molar-refractivity contribution is 5.98. The number of nitrogens with one attached hydrogen (secondary N) is 2. The summed E-state index contributed by atoms with van der Waals surface area (Å²) in [5, 5.41) is 9.71. The van der Waals surface area contributed by atoms with E-state index in [1.54, 1.807) is 18.2 Å². The molecular weight excluding hydrogens is 429 g/mol. The number of halogens is 3. The molecule has 2 aliphatic rings. The molecule has 2 N–H and O–H groups in total. The van der Waals surface area contributed by atoms with Crippen molar-refractivity contribution in [3.63, 3.8) is 0 Å². The molecule has 1 amide bonds. The number of carbonyl (C=O) groups is 1. The average molecular weight is 454 g/mol. The molecule has 0 spiro atoms. The molecule has 32 heavy (non-hydrogen) atoms. The number of alkyl halides is 3. The van der Waals surface area contributed by atoms with Gasteiger partial charge in [-0.25, -0.2) is 4.68 Å². The Kier molecular flexibility index (Phi) is 6.18. The third-order valence-electron chi connectivity index (χ3n) is 5.81. The molecule has 3 heterocycles. The highest BCUT2D eigenvalue weighted by Gasteiger charge is 2.47. The quantitative estimate of drug-likeness (QED) is 0.695. The van der Waals surface area contributed by atoms with Crippen LogP contribution in [0.2, 0.25) is 0 Å². The molecule has 0 aliphatic carbocycles. The number of methoxy groups -OCH3 is 2. The van der Waals surface area contributed by atoms with E-state index in [0.717, 1.165) is 17.5 Å². The van der Waals surface area contributed by atoms with Crippen LogP contribution in [0.1, 0.15) is 47.3 Å². The van der Waals surface area contributed by atoms with Gasteiger partial charge in [0.2, 0.25) is 0 Å². The lowest BCUT2D eigenvalue weighted by Crippen LogP contribution is -2.37. The molecule has 4 rings (SSSR count). The van der Waals surface area contributed by atoms with E-state index in [1.165, 1.54) is 20.4 Å². The predicted octanol–water partition coefficient (Wildman–Crippen LogP) is 3.47. The van der Waals surface area contributed by atoms with Crippen molar-refractivity contribution >= 4 is 11.7 Å². The first-order valence-electron chi connectivity index (χ1n) is 10.3. The van der Waals surface area contributed by atoms with Crippen molar-refractivity contribution in [3.8, 4) is 11.5 Å². The predicted molar refractivity (Wildman–Crippen MR) is 109 cm³/mol. The van der Waals surface area contributed by atoms with E-state index >= 15 is 0 Å². The molecule has 2 aliphatic heterocycles. The third-order valence-corrected chi connectivity index (χ3v) is 5.81. The molecule has 1 saturated heterocycles. The number of ether oxygens (including phenoxy) is 3. The van der Waals surface area contributed by atoms with Gasteiger partial charge >= 0.3 is 6.18 Å². The SMILES string of the molecule is COc1ccc([C@H]2C[C@@H](C(F)(F)F)n3ncc(C(=O)NCC4CCCO4)c3N2)cc1OC. The Labute approximate surface area is 183 Å². The molecule has 1 aromatic heterocycles. The Morgan fingerprint density at radius 1 is 1.31 bits per heavy atom. The summed E-state index contributed by atoms with van der Waals surface area (Å²) in [4.78, 5) is 12.7. The smallest absolute Gasteiger partial charge is 0.410 e. The van der Waals surface area contributed by atoms with Crippen molar-refractivity contribution in [2.24, 2.45) is 0 Å². The zero-order chi connectivity index (χ0) is 22.9. The number of carbonyl (C=O) groups excluding carboxylic acids is 1. The summed E-state index contributed by atoms with van der Waals surface area (Å²) in [7, 11) is 2.94. The molecule has 0 bridgehead atoms. The highest BCUT2D eigenvalue weighted by atomic mass is 19.4. The first-order valence-corrected chi connectivity index (χ1v) is 10.3. The number of amides is 1. The molecule has 11 heteroatoms. The maximum atomic E-state index is 13.9. The molecule has 1 aromatic carbocycles.